The van der Waals surface area contributed by atoms with E-state index in [9.17, 15) is 4.79 Å². The smallest absolute Gasteiger partial charge is 0.255 e. The minimum atomic E-state index is -0.102. The van der Waals surface area contributed by atoms with Crippen molar-refractivity contribution in [3.8, 4) is 5.69 Å². The van der Waals surface area contributed by atoms with Gasteiger partial charge in [0.05, 0.1) is 22.6 Å². The lowest BCUT2D eigenvalue weighted by atomic mass is 10.0. The van der Waals surface area contributed by atoms with Gasteiger partial charge in [-0.2, -0.15) is 5.10 Å². The Balaban J connectivity index is 1.97. The molecule has 1 aromatic carbocycles. The van der Waals surface area contributed by atoms with Gasteiger partial charge in [0.2, 0.25) is 0 Å². The van der Waals surface area contributed by atoms with Gasteiger partial charge in [0.25, 0.3) is 5.91 Å². The van der Waals surface area contributed by atoms with Crippen molar-refractivity contribution >= 4 is 5.91 Å². The molecule has 5 heteroatoms. The summed E-state index contributed by atoms with van der Waals surface area (Å²) in [4.78, 5) is 17.0. The summed E-state index contributed by atoms with van der Waals surface area (Å²) in [5.41, 5.74) is 5.42. The van der Waals surface area contributed by atoms with Crippen LogP contribution in [0.5, 0.6) is 0 Å². The van der Waals surface area contributed by atoms with Gasteiger partial charge in [0.1, 0.15) is 0 Å². The largest absolute Gasteiger partial charge is 0.348 e. The summed E-state index contributed by atoms with van der Waals surface area (Å²) in [7, 11) is 0. The molecule has 0 saturated carbocycles. The minimum Gasteiger partial charge on any atom is -0.348 e. The summed E-state index contributed by atoms with van der Waals surface area (Å²) in [6, 6.07) is 11.9. The summed E-state index contributed by atoms with van der Waals surface area (Å²) in [6.07, 6.45) is 3.48. The van der Waals surface area contributed by atoms with E-state index in [4.69, 9.17) is 0 Å². The van der Waals surface area contributed by atoms with Gasteiger partial charge in [-0.25, -0.2) is 4.68 Å². The van der Waals surface area contributed by atoms with Crippen LogP contribution < -0.4 is 5.32 Å². The molecule has 3 rings (SSSR count). The van der Waals surface area contributed by atoms with Crippen LogP contribution in [0.2, 0.25) is 0 Å². The summed E-state index contributed by atoms with van der Waals surface area (Å²) in [6.45, 7) is 8.56. The third kappa shape index (κ3) is 3.52. The number of nitrogens with zero attached hydrogens (tertiary/aromatic N) is 3. The Morgan fingerprint density at radius 3 is 2.58 bits per heavy atom. The van der Waals surface area contributed by atoms with Gasteiger partial charge >= 0.3 is 0 Å². The molecule has 0 bridgehead atoms. The first kappa shape index (κ1) is 17.9. The predicted molar refractivity (Wildman–Crippen MR) is 103 cm³/mol. The monoisotopic (exact) mass is 348 g/mol. The van der Waals surface area contributed by atoms with Crippen molar-refractivity contribution in [2.45, 2.75) is 40.2 Å². The molecule has 1 amide bonds. The lowest BCUT2D eigenvalue weighted by Crippen LogP contribution is -2.25. The molecule has 0 unspecified atom stereocenters. The van der Waals surface area contributed by atoms with Crippen LogP contribution in [0.1, 0.15) is 52.6 Å². The van der Waals surface area contributed by atoms with Gasteiger partial charge in [0, 0.05) is 18.9 Å². The maximum absolute atomic E-state index is 12.9. The number of hydrogen-bond acceptors (Lipinski definition) is 3. The minimum absolute atomic E-state index is 0.102. The van der Waals surface area contributed by atoms with Crippen LogP contribution in [-0.2, 0) is 6.54 Å². The highest BCUT2D eigenvalue weighted by atomic mass is 16.1. The average Bonchev–Trinajstić information content (AvgIpc) is 2.98. The topological polar surface area (TPSA) is 59.8 Å². The lowest BCUT2D eigenvalue weighted by molar-refractivity contribution is 0.0949. The Morgan fingerprint density at radius 1 is 1.15 bits per heavy atom. The maximum Gasteiger partial charge on any atom is 0.255 e. The zero-order valence-electron chi connectivity index (χ0n) is 15.7. The van der Waals surface area contributed by atoms with Crippen molar-refractivity contribution in [3.05, 3.63) is 76.9 Å². The summed E-state index contributed by atoms with van der Waals surface area (Å²) in [5, 5.41) is 7.68. The van der Waals surface area contributed by atoms with Crippen molar-refractivity contribution in [2.24, 2.45) is 0 Å². The van der Waals surface area contributed by atoms with Crippen molar-refractivity contribution in [2.75, 3.05) is 0 Å². The molecule has 1 N–H and O–H groups in total. The molecule has 0 saturated heterocycles. The van der Waals surface area contributed by atoms with Gasteiger partial charge in [-0.05, 0) is 43.0 Å². The van der Waals surface area contributed by atoms with Gasteiger partial charge in [-0.15, -0.1) is 0 Å². The number of para-hydroxylation sites is 1. The molecular formula is C21H24N4O. The summed E-state index contributed by atoms with van der Waals surface area (Å²) < 4.78 is 1.91. The quantitative estimate of drug-likeness (QED) is 0.760. The molecule has 0 aliphatic carbocycles. The molecule has 134 valence electrons. The fourth-order valence-corrected chi connectivity index (χ4v) is 3.12. The fourth-order valence-electron chi connectivity index (χ4n) is 3.12. The molecule has 26 heavy (non-hydrogen) atoms. The molecule has 5 nitrogen and oxygen atoms in total. The Labute approximate surface area is 154 Å². The van der Waals surface area contributed by atoms with Gasteiger partial charge in [-0.3, -0.25) is 9.78 Å². The highest BCUT2D eigenvalue weighted by Gasteiger charge is 2.24. The Kier molecular flexibility index (Phi) is 5.16. The Bertz CT molecular complexity index is 913. The molecular weight excluding hydrogens is 324 g/mol. The second-order valence-electron chi connectivity index (χ2n) is 6.74. The van der Waals surface area contributed by atoms with E-state index in [0.717, 1.165) is 28.2 Å². The number of benzene rings is 1. The number of aryl methyl sites for hydroxylation is 2. The second-order valence-corrected chi connectivity index (χ2v) is 6.74. The molecule has 0 radical (unpaired) electrons. The average molecular weight is 348 g/mol. The Hall–Kier alpha value is -2.95. The number of carbonyl (C=O) groups is 1. The highest BCUT2D eigenvalue weighted by Crippen LogP contribution is 2.27. The van der Waals surface area contributed by atoms with E-state index in [1.54, 1.807) is 12.4 Å². The molecule has 0 atom stereocenters. The molecule has 0 spiro atoms. The molecule has 0 aliphatic rings. The summed E-state index contributed by atoms with van der Waals surface area (Å²) >= 11 is 0. The number of pyridine rings is 1. The normalized spacial score (nSPS) is 11.0. The first-order chi connectivity index (χ1) is 12.5. The van der Waals surface area contributed by atoms with Crippen LogP contribution >= 0.6 is 0 Å². The van der Waals surface area contributed by atoms with Crippen LogP contribution in [-0.4, -0.2) is 20.7 Å². The molecule has 0 aliphatic heterocycles. The van der Waals surface area contributed by atoms with Gasteiger partial charge < -0.3 is 5.32 Å². The van der Waals surface area contributed by atoms with Crippen LogP contribution in [0.3, 0.4) is 0 Å². The second kappa shape index (κ2) is 7.52. The number of aromatic nitrogens is 3. The number of hydrogen-bond donors (Lipinski definition) is 1. The van der Waals surface area contributed by atoms with Crippen molar-refractivity contribution in [1.82, 2.24) is 20.1 Å². The molecule has 2 aromatic heterocycles. The van der Waals surface area contributed by atoms with Crippen LogP contribution in [0, 0.1) is 13.8 Å². The van der Waals surface area contributed by atoms with E-state index < -0.39 is 0 Å². The third-order valence-electron chi connectivity index (χ3n) is 4.39. The van der Waals surface area contributed by atoms with Crippen molar-refractivity contribution in [3.63, 3.8) is 0 Å². The standard InChI is InChI=1S/C21H24N4O/c1-14(2)20-19(21(26)23-13-17-9-7-11-22-12-17)16(4)24-25(20)18-10-6-5-8-15(18)3/h5-12,14H,13H2,1-4H3,(H,23,26). The van der Waals surface area contributed by atoms with E-state index in [2.05, 4.69) is 42.2 Å². The SMILES string of the molecule is Cc1ccccc1-n1nc(C)c(C(=O)NCc2cccnc2)c1C(C)C. The van der Waals surface area contributed by atoms with E-state index >= 15 is 0 Å². The van der Waals surface area contributed by atoms with Crippen LogP contribution in [0.4, 0.5) is 0 Å². The maximum atomic E-state index is 12.9. The van der Waals surface area contributed by atoms with Crippen molar-refractivity contribution in [1.29, 1.82) is 0 Å². The first-order valence-corrected chi connectivity index (χ1v) is 8.81. The molecule has 0 fully saturated rings. The molecule has 2 heterocycles. The van der Waals surface area contributed by atoms with E-state index in [1.165, 1.54) is 0 Å². The highest BCUT2D eigenvalue weighted by molar-refractivity contribution is 5.96. The number of carbonyl (C=O) groups excluding carboxylic acids is 1. The third-order valence-corrected chi connectivity index (χ3v) is 4.39. The fraction of sp³-hybridized carbons (Fsp3) is 0.286. The van der Waals surface area contributed by atoms with E-state index in [1.807, 2.05) is 41.9 Å². The van der Waals surface area contributed by atoms with Crippen LogP contribution in [0.25, 0.3) is 5.69 Å². The van der Waals surface area contributed by atoms with Gasteiger partial charge in [-0.1, -0.05) is 38.1 Å². The van der Waals surface area contributed by atoms with Gasteiger partial charge in [0.15, 0.2) is 0 Å². The van der Waals surface area contributed by atoms with E-state index in [0.29, 0.717) is 12.1 Å². The van der Waals surface area contributed by atoms with E-state index in [-0.39, 0.29) is 11.8 Å². The molecule has 3 aromatic rings. The lowest BCUT2D eigenvalue weighted by Gasteiger charge is -2.14. The Morgan fingerprint density at radius 2 is 1.92 bits per heavy atom. The number of amides is 1. The number of nitrogens with one attached hydrogen (secondary N) is 1. The number of rotatable bonds is 5. The summed E-state index contributed by atoms with van der Waals surface area (Å²) in [5.74, 6) is 0.0600. The zero-order chi connectivity index (χ0) is 18.7. The van der Waals surface area contributed by atoms with Crippen molar-refractivity contribution < 1.29 is 4.79 Å². The first-order valence-electron chi connectivity index (χ1n) is 8.81. The predicted octanol–water partition coefficient (Wildman–Crippen LogP) is 3.94. The van der Waals surface area contributed by atoms with Crippen LogP contribution in [0.15, 0.2) is 48.8 Å². The zero-order valence-corrected chi connectivity index (χ0v) is 15.7.